The minimum absolute atomic E-state index is 0.617. The fourth-order valence-corrected chi connectivity index (χ4v) is 2.72. The topological polar surface area (TPSA) is 9.23 Å². The van der Waals surface area contributed by atoms with E-state index in [2.05, 4.69) is 13.8 Å². The number of fused-ring (bicyclic) bond motifs is 2. The molecule has 0 amide bonds. The molecule has 1 aliphatic heterocycles. The van der Waals surface area contributed by atoms with Gasteiger partial charge in [-0.2, -0.15) is 0 Å². The Labute approximate surface area is 69.1 Å². The lowest BCUT2D eigenvalue weighted by atomic mass is 9.72. The highest BCUT2D eigenvalue weighted by Gasteiger charge is 2.44. The molecule has 11 heavy (non-hydrogen) atoms. The Hall–Kier alpha value is -0.0400. The van der Waals surface area contributed by atoms with E-state index in [9.17, 15) is 0 Å². The van der Waals surface area contributed by atoms with Gasteiger partial charge in [0.25, 0.3) is 0 Å². The average Bonchev–Trinajstić information content (AvgIpc) is 2.29. The van der Waals surface area contributed by atoms with Gasteiger partial charge in [-0.25, -0.2) is 0 Å². The van der Waals surface area contributed by atoms with Crippen molar-refractivity contribution in [2.24, 2.45) is 11.3 Å². The lowest BCUT2D eigenvalue weighted by Gasteiger charge is -2.36. The third-order valence-electron chi connectivity index (χ3n) is 3.78. The lowest BCUT2D eigenvalue weighted by Crippen LogP contribution is -2.31. The predicted molar refractivity (Wildman–Crippen MR) is 45.5 cm³/mol. The third kappa shape index (κ3) is 1.10. The zero-order valence-corrected chi connectivity index (χ0v) is 7.60. The SMILES string of the molecule is CC(C)C12CCOC(CC1)C2. The molecule has 0 aromatic carbocycles. The van der Waals surface area contributed by atoms with Crippen LogP contribution < -0.4 is 0 Å². The molecule has 1 aliphatic carbocycles. The molecule has 2 fully saturated rings. The van der Waals surface area contributed by atoms with E-state index in [-0.39, 0.29) is 0 Å². The molecule has 1 nitrogen and oxygen atoms in total. The first kappa shape index (κ1) is 7.60. The molecule has 2 bridgehead atoms. The van der Waals surface area contributed by atoms with Gasteiger partial charge in [0.15, 0.2) is 0 Å². The van der Waals surface area contributed by atoms with Gasteiger partial charge in [-0.15, -0.1) is 0 Å². The van der Waals surface area contributed by atoms with Crippen molar-refractivity contribution in [3.8, 4) is 0 Å². The normalized spacial score (nSPS) is 43.4. The van der Waals surface area contributed by atoms with E-state index in [1.165, 1.54) is 25.7 Å². The Morgan fingerprint density at radius 3 is 2.82 bits per heavy atom. The summed E-state index contributed by atoms with van der Waals surface area (Å²) in [5, 5.41) is 0. The fraction of sp³-hybridized carbons (Fsp3) is 1.00. The molecule has 1 saturated heterocycles. The minimum Gasteiger partial charge on any atom is -0.378 e. The van der Waals surface area contributed by atoms with Gasteiger partial charge in [0.2, 0.25) is 0 Å². The minimum atomic E-state index is 0.617. The average molecular weight is 154 g/mol. The van der Waals surface area contributed by atoms with E-state index in [4.69, 9.17) is 4.74 Å². The van der Waals surface area contributed by atoms with Crippen molar-refractivity contribution in [3.05, 3.63) is 0 Å². The molecule has 64 valence electrons. The van der Waals surface area contributed by atoms with E-state index in [0.29, 0.717) is 11.5 Å². The van der Waals surface area contributed by atoms with Crippen molar-refractivity contribution in [2.75, 3.05) is 6.61 Å². The van der Waals surface area contributed by atoms with Gasteiger partial charge >= 0.3 is 0 Å². The highest BCUT2D eigenvalue weighted by Crippen LogP contribution is 2.50. The first-order valence-electron chi connectivity index (χ1n) is 4.84. The quantitative estimate of drug-likeness (QED) is 0.564. The molecule has 2 unspecified atom stereocenters. The Kier molecular flexibility index (Phi) is 1.71. The lowest BCUT2D eigenvalue weighted by molar-refractivity contribution is -0.0195. The van der Waals surface area contributed by atoms with Crippen LogP contribution >= 0.6 is 0 Å². The molecule has 0 aromatic heterocycles. The maximum Gasteiger partial charge on any atom is 0.0580 e. The zero-order valence-electron chi connectivity index (χ0n) is 7.60. The van der Waals surface area contributed by atoms with Gasteiger partial charge in [-0.3, -0.25) is 0 Å². The van der Waals surface area contributed by atoms with Crippen LogP contribution in [0.5, 0.6) is 0 Å². The number of rotatable bonds is 1. The van der Waals surface area contributed by atoms with Gasteiger partial charge in [-0.05, 0) is 37.0 Å². The highest BCUT2D eigenvalue weighted by molar-refractivity contribution is 4.94. The van der Waals surface area contributed by atoms with E-state index >= 15 is 0 Å². The largest absolute Gasteiger partial charge is 0.378 e. The van der Waals surface area contributed by atoms with Gasteiger partial charge in [0.1, 0.15) is 0 Å². The van der Waals surface area contributed by atoms with Gasteiger partial charge in [0, 0.05) is 6.61 Å². The summed E-state index contributed by atoms with van der Waals surface area (Å²) in [4.78, 5) is 0. The number of hydrogen-bond donors (Lipinski definition) is 0. The second-order valence-corrected chi connectivity index (χ2v) is 4.50. The van der Waals surface area contributed by atoms with Gasteiger partial charge in [-0.1, -0.05) is 13.8 Å². The van der Waals surface area contributed by atoms with Crippen LogP contribution in [0, 0.1) is 11.3 Å². The Morgan fingerprint density at radius 1 is 1.36 bits per heavy atom. The molecular weight excluding hydrogens is 136 g/mol. The number of hydrogen-bond acceptors (Lipinski definition) is 1. The smallest absolute Gasteiger partial charge is 0.0580 e. The summed E-state index contributed by atoms with van der Waals surface area (Å²) in [6.07, 6.45) is 5.99. The zero-order chi connectivity index (χ0) is 7.90. The first-order valence-corrected chi connectivity index (χ1v) is 4.84. The maximum atomic E-state index is 5.64. The molecule has 2 atom stereocenters. The molecule has 0 spiro atoms. The van der Waals surface area contributed by atoms with Crippen LogP contribution in [0.25, 0.3) is 0 Å². The summed E-state index contributed by atoms with van der Waals surface area (Å²) in [7, 11) is 0. The molecule has 2 rings (SSSR count). The summed E-state index contributed by atoms with van der Waals surface area (Å²) in [5.41, 5.74) is 0.670. The third-order valence-corrected chi connectivity index (χ3v) is 3.78. The molecule has 0 N–H and O–H groups in total. The molecule has 0 aromatic rings. The summed E-state index contributed by atoms with van der Waals surface area (Å²) in [6, 6.07) is 0. The van der Waals surface area contributed by atoms with Crippen molar-refractivity contribution >= 4 is 0 Å². The second-order valence-electron chi connectivity index (χ2n) is 4.50. The van der Waals surface area contributed by atoms with Crippen molar-refractivity contribution in [1.29, 1.82) is 0 Å². The summed E-state index contributed by atoms with van der Waals surface area (Å²) in [6.45, 7) is 5.75. The first-order chi connectivity index (χ1) is 5.23. The van der Waals surface area contributed by atoms with Crippen molar-refractivity contribution in [1.82, 2.24) is 0 Å². The van der Waals surface area contributed by atoms with E-state index in [1.807, 2.05) is 0 Å². The van der Waals surface area contributed by atoms with E-state index in [1.54, 1.807) is 0 Å². The van der Waals surface area contributed by atoms with Crippen LogP contribution in [0.3, 0.4) is 0 Å². The van der Waals surface area contributed by atoms with E-state index in [0.717, 1.165) is 12.5 Å². The van der Waals surface area contributed by atoms with Crippen LogP contribution in [-0.4, -0.2) is 12.7 Å². The summed E-state index contributed by atoms with van der Waals surface area (Å²) < 4.78 is 5.64. The van der Waals surface area contributed by atoms with Crippen LogP contribution in [0.2, 0.25) is 0 Å². The highest BCUT2D eigenvalue weighted by atomic mass is 16.5. The second kappa shape index (κ2) is 2.48. The standard InChI is InChI=1S/C10H18O/c1-8(2)10-4-3-9(7-10)11-6-5-10/h8-9H,3-7H2,1-2H3. The predicted octanol–water partition coefficient (Wildman–Crippen LogP) is 2.60. The molecule has 1 saturated carbocycles. The maximum absolute atomic E-state index is 5.64. The van der Waals surface area contributed by atoms with Crippen LogP contribution in [0.15, 0.2) is 0 Å². The van der Waals surface area contributed by atoms with Crippen LogP contribution in [-0.2, 0) is 4.74 Å². The molecule has 0 radical (unpaired) electrons. The van der Waals surface area contributed by atoms with Gasteiger partial charge < -0.3 is 4.74 Å². The molecule has 1 heterocycles. The van der Waals surface area contributed by atoms with Crippen molar-refractivity contribution in [3.63, 3.8) is 0 Å². The van der Waals surface area contributed by atoms with Crippen LogP contribution in [0.1, 0.15) is 39.5 Å². The molecule has 1 heteroatoms. The Balaban J connectivity index is 2.13. The van der Waals surface area contributed by atoms with Crippen molar-refractivity contribution < 1.29 is 4.74 Å². The van der Waals surface area contributed by atoms with Gasteiger partial charge in [0.05, 0.1) is 6.10 Å². The molecular formula is C10H18O. The summed E-state index contributed by atoms with van der Waals surface area (Å²) >= 11 is 0. The summed E-state index contributed by atoms with van der Waals surface area (Å²) in [5.74, 6) is 0.858. The fourth-order valence-electron chi connectivity index (χ4n) is 2.72. The number of ether oxygens (including phenoxy) is 1. The monoisotopic (exact) mass is 154 g/mol. The van der Waals surface area contributed by atoms with E-state index < -0.39 is 0 Å². The Morgan fingerprint density at radius 2 is 2.18 bits per heavy atom. The van der Waals surface area contributed by atoms with Crippen molar-refractivity contribution in [2.45, 2.75) is 45.6 Å². The Bertz CT molecular complexity index is 149. The molecule has 2 aliphatic rings. The van der Waals surface area contributed by atoms with Crippen LogP contribution in [0.4, 0.5) is 0 Å².